The van der Waals surface area contributed by atoms with Crippen LogP contribution in [0.15, 0.2) is 4.99 Å². The molecule has 2 N–H and O–H groups in total. The van der Waals surface area contributed by atoms with Gasteiger partial charge in [-0.05, 0) is 44.9 Å². The van der Waals surface area contributed by atoms with Crippen LogP contribution >= 0.6 is 35.3 Å². The molecule has 1 fully saturated rings. The number of nitrogens with zero attached hydrogens (tertiary/aromatic N) is 3. The lowest BCUT2D eigenvalue weighted by Gasteiger charge is -2.27. The van der Waals surface area contributed by atoms with E-state index in [9.17, 15) is 0 Å². The van der Waals surface area contributed by atoms with Crippen LogP contribution in [-0.2, 0) is 19.3 Å². The number of piperidine rings is 1. The Kier molecular flexibility index (Phi) is 6.73. The van der Waals surface area contributed by atoms with Crippen molar-refractivity contribution in [2.24, 2.45) is 10.7 Å². The van der Waals surface area contributed by atoms with E-state index in [1.54, 1.807) is 0 Å². The van der Waals surface area contributed by atoms with Gasteiger partial charge in [0.15, 0.2) is 5.96 Å². The fourth-order valence-corrected chi connectivity index (χ4v) is 4.15. The first-order valence-corrected chi connectivity index (χ1v) is 8.67. The third-order valence-corrected chi connectivity index (χ3v) is 5.39. The summed E-state index contributed by atoms with van der Waals surface area (Å²) in [5, 5.41) is 1.24. The van der Waals surface area contributed by atoms with Crippen LogP contribution in [0.5, 0.6) is 0 Å². The van der Waals surface area contributed by atoms with Gasteiger partial charge in [0.25, 0.3) is 0 Å². The van der Waals surface area contributed by atoms with Crippen molar-refractivity contribution in [3.8, 4) is 0 Å². The second-order valence-electron chi connectivity index (χ2n) is 5.72. The van der Waals surface area contributed by atoms with Crippen LogP contribution < -0.4 is 5.73 Å². The van der Waals surface area contributed by atoms with E-state index >= 15 is 0 Å². The summed E-state index contributed by atoms with van der Waals surface area (Å²) in [6.07, 6.45) is 9.79. The summed E-state index contributed by atoms with van der Waals surface area (Å²) in [7, 11) is 0. The molecule has 118 valence electrons. The van der Waals surface area contributed by atoms with Crippen LogP contribution in [-0.4, -0.2) is 35.5 Å². The minimum atomic E-state index is 0. The number of nitrogens with two attached hydrogens (primary N) is 1. The molecule has 0 spiro atoms. The first-order chi connectivity index (χ1) is 9.83. The highest BCUT2D eigenvalue weighted by atomic mass is 127. The summed E-state index contributed by atoms with van der Waals surface area (Å²) < 4.78 is 0. The highest BCUT2D eigenvalue weighted by Gasteiger charge is 2.15. The zero-order chi connectivity index (χ0) is 13.8. The molecule has 6 heteroatoms. The molecule has 21 heavy (non-hydrogen) atoms. The molecule has 0 unspecified atom stereocenters. The van der Waals surface area contributed by atoms with Gasteiger partial charge in [-0.3, -0.25) is 4.99 Å². The topological polar surface area (TPSA) is 54.5 Å². The van der Waals surface area contributed by atoms with Crippen molar-refractivity contribution in [2.75, 3.05) is 19.6 Å². The molecule has 4 nitrogen and oxygen atoms in total. The molecule has 3 rings (SSSR count). The first-order valence-electron chi connectivity index (χ1n) is 7.85. The fraction of sp³-hybridized carbons (Fsp3) is 0.733. The molecule has 0 atom stereocenters. The van der Waals surface area contributed by atoms with Gasteiger partial charge in [-0.15, -0.1) is 35.3 Å². The van der Waals surface area contributed by atoms with E-state index in [1.165, 1.54) is 60.5 Å². The quantitative estimate of drug-likeness (QED) is 0.465. The lowest BCUT2D eigenvalue weighted by atomic mass is 10.0. The molecular formula is C15H25IN4S. The number of aromatic nitrogens is 1. The molecule has 0 saturated carbocycles. The fourth-order valence-electron chi connectivity index (χ4n) is 3.00. The second kappa shape index (κ2) is 8.31. The maximum Gasteiger partial charge on any atom is 0.191 e. The molecular weight excluding hydrogens is 395 g/mol. The normalized spacial score (nSPS) is 19.0. The van der Waals surface area contributed by atoms with Gasteiger partial charge in [-0.1, -0.05) is 0 Å². The molecule has 1 saturated heterocycles. The van der Waals surface area contributed by atoms with Gasteiger partial charge in [-0.25, -0.2) is 4.98 Å². The first kappa shape index (κ1) is 17.0. The van der Waals surface area contributed by atoms with E-state index in [1.807, 2.05) is 11.3 Å². The van der Waals surface area contributed by atoms with Gasteiger partial charge in [0.05, 0.1) is 10.7 Å². The van der Waals surface area contributed by atoms with Crippen molar-refractivity contribution < 1.29 is 0 Å². The number of thiazole rings is 1. The average molecular weight is 420 g/mol. The van der Waals surface area contributed by atoms with Gasteiger partial charge < -0.3 is 10.6 Å². The van der Waals surface area contributed by atoms with Crippen LogP contribution in [0.2, 0.25) is 0 Å². The summed E-state index contributed by atoms with van der Waals surface area (Å²) in [6.45, 7) is 2.91. The highest BCUT2D eigenvalue weighted by Crippen LogP contribution is 2.26. The third-order valence-electron chi connectivity index (χ3n) is 4.17. The van der Waals surface area contributed by atoms with Crippen LogP contribution in [0.3, 0.4) is 0 Å². The number of aryl methyl sites for hydroxylation is 2. The van der Waals surface area contributed by atoms with Crippen molar-refractivity contribution in [2.45, 2.75) is 51.4 Å². The monoisotopic (exact) mass is 420 g/mol. The maximum atomic E-state index is 6.07. The van der Waals surface area contributed by atoms with Crippen molar-refractivity contribution in [3.05, 3.63) is 15.6 Å². The number of guanidine groups is 1. The number of hydrogen-bond donors (Lipinski definition) is 1. The van der Waals surface area contributed by atoms with Crippen LogP contribution in [0.25, 0.3) is 0 Å². The lowest BCUT2D eigenvalue weighted by molar-refractivity contribution is 0.338. The molecule has 1 aromatic heterocycles. The Morgan fingerprint density at radius 1 is 1.14 bits per heavy atom. The Morgan fingerprint density at radius 2 is 1.90 bits per heavy atom. The molecule has 1 aromatic rings. The molecule has 0 aromatic carbocycles. The largest absolute Gasteiger partial charge is 0.370 e. The summed E-state index contributed by atoms with van der Waals surface area (Å²) in [5.74, 6) is 0.728. The number of likely N-dealkylation sites (tertiary alicyclic amines) is 1. The van der Waals surface area contributed by atoms with E-state index in [0.29, 0.717) is 0 Å². The van der Waals surface area contributed by atoms with Crippen molar-refractivity contribution in [1.82, 2.24) is 9.88 Å². The third kappa shape index (κ3) is 4.55. The lowest BCUT2D eigenvalue weighted by Crippen LogP contribution is -2.41. The summed E-state index contributed by atoms with van der Waals surface area (Å²) in [6, 6.07) is 0. The van der Waals surface area contributed by atoms with Crippen molar-refractivity contribution >= 4 is 41.3 Å². The summed E-state index contributed by atoms with van der Waals surface area (Å²) in [4.78, 5) is 13.0. The standard InChI is InChI=1S/C15H24N4S.HI/c16-15(19-10-4-1-5-11-19)17-9-8-14-18-12-6-2-3-7-13(12)20-14;/h1-11H2,(H2,16,17);1H. The number of fused-ring (bicyclic) bond motifs is 1. The Morgan fingerprint density at radius 3 is 2.67 bits per heavy atom. The molecule has 1 aliphatic heterocycles. The maximum absolute atomic E-state index is 6.07. The SMILES string of the molecule is I.NC(=NCCc1nc2c(s1)CCCC2)N1CCCCC1. The summed E-state index contributed by atoms with van der Waals surface area (Å²) in [5.41, 5.74) is 7.42. The molecule has 0 radical (unpaired) electrons. The minimum Gasteiger partial charge on any atom is -0.370 e. The van der Waals surface area contributed by atoms with E-state index in [4.69, 9.17) is 10.7 Å². The Bertz CT molecular complexity index is 457. The smallest absolute Gasteiger partial charge is 0.191 e. The second-order valence-corrected chi connectivity index (χ2v) is 6.89. The summed E-state index contributed by atoms with van der Waals surface area (Å²) >= 11 is 1.89. The van der Waals surface area contributed by atoms with Gasteiger partial charge in [-0.2, -0.15) is 0 Å². The predicted molar refractivity (Wildman–Crippen MR) is 99.8 cm³/mol. The predicted octanol–water partition coefficient (Wildman–Crippen LogP) is 2.98. The van der Waals surface area contributed by atoms with E-state index in [-0.39, 0.29) is 24.0 Å². The Hall–Kier alpha value is -0.370. The molecule has 0 bridgehead atoms. The zero-order valence-corrected chi connectivity index (χ0v) is 15.7. The van der Waals surface area contributed by atoms with Crippen molar-refractivity contribution in [1.29, 1.82) is 0 Å². The zero-order valence-electron chi connectivity index (χ0n) is 12.5. The Labute approximate surface area is 148 Å². The van der Waals surface area contributed by atoms with Crippen LogP contribution in [0.4, 0.5) is 0 Å². The molecule has 2 heterocycles. The van der Waals surface area contributed by atoms with E-state index < -0.39 is 0 Å². The Balaban J connectivity index is 0.00000161. The number of hydrogen-bond acceptors (Lipinski definition) is 3. The van der Waals surface area contributed by atoms with Gasteiger partial charge in [0, 0.05) is 30.9 Å². The average Bonchev–Trinajstić information content (AvgIpc) is 2.90. The minimum absolute atomic E-state index is 0. The number of halogens is 1. The van der Waals surface area contributed by atoms with E-state index in [2.05, 4.69) is 9.89 Å². The van der Waals surface area contributed by atoms with Gasteiger partial charge in [0.1, 0.15) is 0 Å². The van der Waals surface area contributed by atoms with E-state index in [0.717, 1.165) is 32.0 Å². The van der Waals surface area contributed by atoms with Gasteiger partial charge >= 0.3 is 0 Å². The number of aliphatic imine (C=N–C) groups is 1. The highest BCUT2D eigenvalue weighted by molar-refractivity contribution is 14.0. The van der Waals surface area contributed by atoms with Crippen LogP contribution in [0.1, 0.15) is 47.7 Å². The number of rotatable bonds is 3. The van der Waals surface area contributed by atoms with Crippen molar-refractivity contribution in [3.63, 3.8) is 0 Å². The molecule has 1 aliphatic carbocycles. The molecule has 0 amide bonds. The van der Waals surface area contributed by atoms with Gasteiger partial charge in [0.2, 0.25) is 0 Å². The molecule has 2 aliphatic rings. The van der Waals surface area contributed by atoms with Crippen LogP contribution in [0, 0.1) is 0 Å².